The quantitative estimate of drug-likeness (QED) is 0.716. The number of carbonyl (C=O) groups excluding carboxylic acids is 1. The third-order valence-electron chi connectivity index (χ3n) is 3.62. The van der Waals surface area contributed by atoms with Gasteiger partial charge in [-0.05, 0) is 23.3 Å². The summed E-state index contributed by atoms with van der Waals surface area (Å²) >= 11 is 5.87. The van der Waals surface area contributed by atoms with E-state index in [9.17, 15) is 4.79 Å². The van der Waals surface area contributed by atoms with Gasteiger partial charge in [-0.3, -0.25) is 4.79 Å². The van der Waals surface area contributed by atoms with Crippen LogP contribution in [0.3, 0.4) is 0 Å². The van der Waals surface area contributed by atoms with Crippen molar-refractivity contribution >= 4 is 17.5 Å². The number of nitrogens with zero attached hydrogens (tertiary/aromatic N) is 4. The van der Waals surface area contributed by atoms with E-state index in [4.69, 9.17) is 11.6 Å². The third-order valence-corrected chi connectivity index (χ3v) is 3.88. The van der Waals surface area contributed by atoms with Gasteiger partial charge in [0.25, 0.3) is 5.91 Å². The largest absolute Gasteiger partial charge is 0.336 e. The van der Waals surface area contributed by atoms with E-state index in [0.717, 1.165) is 11.1 Å². The van der Waals surface area contributed by atoms with Gasteiger partial charge < -0.3 is 4.90 Å². The van der Waals surface area contributed by atoms with Crippen LogP contribution in [0.1, 0.15) is 21.6 Å². The zero-order valence-electron chi connectivity index (χ0n) is 13.3. The fourth-order valence-corrected chi connectivity index (χ4v) is 2.50. The van der Waals surface area contributed by atoms with Crippen molar-refractivity contribution in [2.75, 3.05) is 7.05 Å². The Morgan fingerprint density at radius 3 is 2.50 bits per heavy atom. The number of benzene rings is 2. The van der Waals surface area contributed by atoms with Gasteiger partial charge in [0.2, 0.25) is 0 Å². The molecule has 0 spiro atoms. The molecule has 3 aromatic rings. The van der Waals surface area contributed by atoms with Crippen LogP contribution < -0.4 is 0 Å². The van der Waals surface area contributed by atoms with Crippen molar-refractivity contribution in [3.8, 4) is 0 Å². The van der Waals surface area contributed by atoms with Gasteiger partial charge >= 0.3 is 0 Å². The molecule has 0 N–H and O–H groups in total. The highest BCUT2D eigenvalue weighted by Crippen LogP contribution is 2.12. The predicted molar refractivity (Wildman–Crippen MR) is 92.8 cm³/mol. The Balaban J connectivity index is 1.65. The molecule has 0 saturated carbocycles. The maximum absolute atomic E-state index is 12.5. The highest BCUT2D eigenvalue weighted by Gasteiger charge is 2.16. The van der Waals surface area contributed by atoms with E-state index in [0.29, 0.717) is 23.8 Å². The second-order valence-corrected chi connectivity index (χ2v) is 6.01. The highest BCUT2D eigenvalue weighted by atomic mass is 35.5. The zero-order chi connectivity index (χ0) is 16.9. The number of aromatic nitrogens is 3. The second kappa shape index (κ2) is 7.27. The minimum absolute atomic E-state index is 0.163. The molecule has 0 fully saturated rings. The number of amides is 1. The lowest BCUT2D eigenvalue weighted by molar-refractivity contribution is 0.0779. The molecule has 0 aliphatic rings. The fourth-order valence-electron chi connectivity index (χ4n) is 2.38. The van der Waals surface area contributed by atoms with Gasteiger partial charge in [-0.2, -0.15) is 0 Å². The van der Waals surface area contributed by atoms with Crippen molar-refractivity contribution in [3.63, 3.8) is 0 Å². The minimum Gasteiger partial charge on any atom is -0.336 e. The third kappa shape index (κ3) is 4.00. The number of rotatable bonds is 5. The molecule has 0 unspecified atom stereocenters. The second-order valence-electron chi connectivity index (χ2n) is 5.57. The van der Waals surface area contributed by atoms with Gasteiger partial charge in [0.1, 0.15) is 0 Å². The molecule has 1 amide bonds. The Labute approximate surface area is 145 Å². The first-order valence-electron chi connectivity index (χ1n) is 7.56. The number of halogens is 1. The Morgan fingerprint density at radius 1 is 1.08 bits per heavy atom. The summed E-state index contributed by atoms with van der Waals surface area (Å²) in [7, 11) is 1.74. The highest BCUT2D eigenvalue weighted by molar-refractivity contribution is 6.30. The van der Waals surface area contributed by atoms with Crippen LogP contribution in [0.4, 0.5) is 0 Å². The molecule has 0 bridgehead atoms. The van der Waals surface area contributed by atoms with Crippen molar-refractivity contribution in [2.45, 2.75) is 13.1 Å². The van der Waals surface area contributed by atoms with E-state index < -0.39 is 0 Å². The SMILES string of the molecule is CN(Cc1ccc(Cl)cc1)C(=O)c1cn(Cc2ccccc2)nn1. The normalized spacial score (nSPS) is 10.6. The first-order valence-corrected chi connectivity index (χ1v) is 7.93. The molecule has 122 valence electrons. The lowest BCUT2D eigenvalue weighted by atomic mass is 10.2. The molecule has 24 heavy (non-hydrogen) atoms. The standard InChI is InChI=1S/C18H17ClN4O/c1-22(11-15-7-9-16(19)10-8-15)18(24)17-13-23(21-20-17)12-14-5-3-2-4-6-14/h2-10,13H,11-12H2,1H3. The lowest BCUT2D eigenvalue weighted by Crippen LogP contribution is -2.26. The summed E-state index contributed by atoms with van der Waals surface area (Å²) in [5.74, 6) is -0.163. The average molecular weight is 341 g/mol. The Kier molecular flexibility index (Phi) is 4.91. The molecular formula is C18H17ClN4O. The van der Waals surface area contributed by atoms with E-state index in [2.05, 4.69) is 10.3 Å². The molecule has 0 aliphatic carbocycles. The van der Waals surface area contributed by atoms with Gasteiger partial charge in [0.05, 0.1) is 12.7 Å². The summed E-state index contributed by atoms with van der Waals surface area (Å²) in [5, 5.41) is 8.70. The van der Waals surface area contributed by atoms with E-state index in [1.54, 1.807) is 22.8 Å². The zero-order valence-corrected chi connectivity index (χ0v) is 14.0. The van der Waals surface area contributed by atoms with Crippen molar-refractivity contribution in [3.05, 3.63) is 82.6 Å². The predicted octanol–water partition coefficient (Wildman–Crippen LogP) is 3.25. The molecular weight excluding hydrogens is 324 g/mol. The van der Waals surface area contributed by atoms with E-state index >= 15 is 0 Å². The van der Waals surface area contributed by atoms with E-state index in [1.807, 2.05) is 54.6 Å². The van der Waals surface area contributed by atoms with Gasteiger partial charge in [0, 0.05) is 18.6 Å². The lowest BCUT2D eigenvalue weighted by Gasteiger charge is -2.15. The summed E-state index contributed by atoms with van der Waals surface area (Å²) in [4.78, 5) is 14.1. The number of hydrogen-bond acceptors (Lipinski definition) is 3. The van der Waals surface area contributed by atoms with Crippen LogP contribution in [0.2, 0.25) is 5.02 Å². The van der Waals surface area contributed by atoms with Gasteiger partial charge in [0.15, 0.2) is 5.69 Å². The summed E-state index contributed by atoms with van der Waals surface area (Å²) < 4.78 is 1.67. The van der Waals surface area contributed by atoms with Gasteiger partial charge in [-0.15, -0.1) is 5.10 Å². The van der Waals surface area contributed by atoms with Crippen molar-refractivity contribution in [1.82, 2.24) is 19.9 Å². The first-order chi connectivity index (χ1) is 11.6. The molecule has 0 atom stereocenters. The molecule has 6 heteroatoms. The smallest absolute Gasteiger partial charge is 0.276 e. The van der Waals surface area contributed by atoms with Crippen molar-refractivity contribution < 1.29 is 4.79 Å². The van der Waals surface area contributed by atoms with Gasteiger partial charge in [-0.1, -0.05) is 59.3 Å². The Hall–Kier alpha value is -2.66. The summed E-state index contributed by atoms with van der Waals surface area (Å²) in [6, 6.07) is 17.3. The van der Waals surface area contributed by atoms with Crippen molar-refractivity contribution in [2.24, 2.45) is 0 Å². The van der Waals surface area contributed by atoms with Crippen LogP contribution in [-0.4, -0.2) is 32.8 Å². The topological polar surface area (TPSA) is 51.0 Å². The van der Waals surface area contributed by atoms with Crippen LogP contribution in [0, 0.1) is 0 Å². The van der Waals surface area contributed by atoms with Crippen LogP contribution in [0.25, 0.3) is 0 Å². The molecule has 0 saturated heterocycles. The average Bonchev–Trinajstić information content (AvgIpc) is 3.05. The van der Waals surface area contributed by atoms with E-state index in [1.165, 1.54) is 0 Å². The maximum Gasteiger partial charge on any atom is 0.276 e. The fraction of sp³-hybridized carbons (Fsp3) is 0.167. The molecule has 1 heterocycles. The number of carbonyl (C=O) groups is 1. The molecule has 0 radical (unpaired) electrons. The molecule has 1 aromatic heterocycles. The molecule has 2 aromatic carbocycles. The van der Waals surface area contributed by atoms with Gasteiger partial charge in [-0.25, -0.2) is 4.68 Å². The summed E-state index contributed by atoms with van der Waals surface area (Å²) in [6.07, 6.45) is 1.67. The van der Waals surface area contributed by atoms with Crippen LogP contribution in [-0.2, 0) is 13.1 Å². The number of hydrogen-bond donors (Lipinski definition) is 0. The monoisotopic (exact) mass is 340 g/mol. The summed E-state index contributed by atoms with van der Waals surface area (Å²) in [5.41, 5.74) is 2.45. The van der Waals surface area contributed by atoms with E-state index in [-0.39, 0.29) is 5.91 Å². The van der Waals surface area contributed by atoms with Crippen LogP contribution >= 0.6 is 11.6 Å². The summed E-state index contributed by atoms with van der Waals surface area (Å²) in [6.45, 7) is 1.07. The Bertz CT molecular complexity index is 815. The Morgan fingerprint density at radius 2 is 1.79 bits per heavy atom. The minimum atomic E-state index is -0.163. The molecule has 5 nitrogen and oxygen atoms in total. The van der Waals surface area contributed by atoms with Crippen LogP contribution in [0.5, 0.6) is 0 Å². The van der Waals surface area contributed by atoms with Crippen LogP contribution in [0.15, 0.2) is 60.8 Å². The molecule has 3 rings (SSSR count). The molecule has 0 aliphatic heterocycles. The van der Waals surface area contributed by atoms with Crippen molar-refractivity contribution in [1.29, 1.82) is 0 Å². The first kappa shape index (κ1) is 16.2. The maximum atomic E-state index is 12.5.